The standard InChI is InChI=1S/C8H13FO3/c1-2-8(12,5-3-4-5)6(9)7(10)11/h5-6,12H,2-4H2,1H3,(H,10,11). The summed E-state index contributed by atoms with van der Waals surface area (Å²) >= 11 is 0. The molecule has 1 aliphatic carbocycles. The Morgan fingerprint density at radius 3 is 2.50 bits per heavy atom. The van der Waals surface area contributed by atoms with E-state index in [1.54, 1.807) is 6.92 Å². The molecular formula is C8H13FO3. The van der Waals surface area contributed by atoms with E-state index in [9.17, 15) is 14.3 Å². The van der Waals surface area contributed by atoms with Crippen molar-refractivity contribution < 1.29 is 19.4 Å². The highest BCUT2D eigenvalue weighted by Gasteiger charge is 2.51. The number of hydrogen-bond donors (Lipinski definition) is 2. The van der Waals surface area contributed by atoms with Crippen LogP contribution in [0.4, 0.5) is 4.39 Å². The lowest BCUT2D eigenvalue weighted by molar-refractivity contribution is -0.156. The first-order valence-corrected chi connectivity index (χ1v) is 4.11. The molecule has 3 nitrogen and oxygen atoms in total. The van der Waals surface area contributed by atoms with Gasteiger partial charge in [0.15, 0.2) is 0 Å². The topological polar surface area (TPSA) is 57.5 Å². The van der Waals surface area contributed by atoms with Gasteiger partial charge < -0.3 is 10.2 Å². The highest BCUT2D eigenvalue weighted by Crippen LogP contribution is 2.44. The first-order chi connectivity index (χ1) is 5.52. The predicted octanol–water partition coefficient (Wildman–Crippen LogP) is 0.960. The normalized spacial score (nSPS) is 24.6. The van der Waals surface area contributed by atoms with Crippen molar-refractivity contribution in [2.24, 2.45) is 5.92 Å². The Bertz CT molecular complexity index is 191. The number of aliphatic carboxylic acids is 1. The molecule has 0 aromatic carbocycles. The van der Waals surface area contributed by atoms with Crippen molar-refractivity contribution in [1.29, 1.82) is 0 Å². The van der Waals surface area contributed by atoms with Gasteiger partial charge in [-0.15, -0.1) is 0 Å². The van der Waals surface area contributed by atoms with Gasteiger partial charge in [0, 0.05) is 0 Å². The van der Waals surface area contributed by atoms with Gasteiger partial charge in [-0.1, -0.05) is 6.92 Å². The molecule has 70 valence electrons. The van der Waals surface area contributed by atoms with Gasteiger partial charge in [-0.3, -0.25) is 0 Å². The molecule has 0 radical (unpaired) electrons. The largest absolute Gasteiger partial charge is 0.479 e. The molecule has 0 aliphatic heterocycles. The van der Waals surface area contributed by atoms with E-state index in [1.165, 1.54) is 0 Å². The van der Waals surface area contributed by atoms with Crippen LogP contribution in [-0.4, -0.2) is 28.0 Å². The van der Waals surface area contributed by atoms with Crippen LogP contribution in [0.25, 0.3) is 0 Å². The van der Waals surface area contributed by atoms with Gasteiger partial charge >= 0.3 is 5.97 Å². The molecule has 1 saturated carbocycles. The van der Waals surface area contributed by atoms with Crippen LogP contribution < -0.4 is 0 Å². The van der Waals surface area contributed by atoms with E-state index in [-0.39, 0.29) is 12.3 Å². The molecule has 2 unspecified atom stereocenters. The van der Waals surface area contributed by atoms with Crippen LogP contribution in [0.2, 0.25) is 0 Å². The van der Waals surface area contributed by atoms with Crippen molar-refractivity contribution in [1.82, 2.24) is 0 Å². The van der Waals surface area contributed by atoms with E-state index in [2.05, 4.69) is 0 Å². The van der Waals surface area contributed by atoms with Crippen LogP contribution >= 0.6 is 0 Å². The lowest BCUT2D eigenvalue weighted by atomic mass is 9.89. The Balaban J connectivity index is 2.70. The Kier molecular flexibility index (Phi) is 2.37. The molecule has 2 N–H and O–H groups in total. The average molecular weight is 176 g/mol. The fourth-order valence-electron chi connectivity index (χ4n) is 1.47. The zero-order valence-corrected chi connectivity index (χ0v) is 6.96. The number of aliphatic hydroxyl groups is 1. The van der Waals surface area contributed by atoms with Crippen LogP contribution in [0.15, 0.2) is 0 Å². The summed E-state index contributed by atoms with van der Waals surface area (Å²) in [7, 11) is 0. The molecule has 0 heterocycles. The van der Waals surface area contributed by atoms with Crippen LogP contribution in [0.1, 0.15) is 26.2 Å². The molecule has 0 amide bonds. The first-order valence-electron chi connectivity index (χ1n) is 4.11. The van der Waals surface area contributed by atoms with E-state index in [1.807, 2.05) is 0 Å². The first kappa shape index (κ1) is 9.45. The molecule has 1 fully saturated rings. The second-order valence-corrected chi connectivity index (χ2v) is 3.32. The summed E-state index contributed by atoms with van der Waals surface area (Å²) in [5.41, 5.74) is -1.63. The molecular weight excluding hydrogens is 163 g/mol. The lowest BCUT2D eigenvalue weighted by Crippen LogP contribution is -2.45. The minimum Gasteiger partial charge on any atom is -0.479 e. The van der Waals surface area contributed by atoms with Gasteiger partial charge in [-0.05, 0) is 25.2 Å². The third-order valence-corrected chi connectivity index (χ3v) is 2.51. The van der Waals surface area contributed by atoms with Gasteiger partial charge in [-0.2, -0.15) is 0 Å². The number of alkyl halides is 1. The molecule has 0 saturated heterocycles. The molecule has 1 rings (SSSR count). The maximum atomic E-state index is 13.0. The summed E-state index contributed by atoms with van der Waals surface area (Å²) < 4.78 is 13.0. The minimum atomic E-state index is -2.14. The van der Waals surface area contributed by atoms with Crippen LogP contribution in [-0.2, 0) is 4.79 Å². The van der Waals surface area contributed by atoms with Crippen molar-refractivity contribution in [3.8, 4) is 0 Å². The van der Waals surface area contributed by atoms with Gasteiger partial charge in [0.05, 0.1) is 0 Å². The third kappa shape index (κ3) is 1.43. The maximum absolute atomic E-state index is 13.0. The fourth-order valence-corrected chi connectivity index (χ4v) is 1.47. The van der Waals surface area contributed by atoms with Crippen molar-refractivity contribution in [3.63, 3.8) is 0 Å². The minimum absolute atomic E-state index is 0.158. The Morgan fingerprint density at radius 2 is 2.25 bits per heavy atom. The van der Waals surface area contributed by atoms with Crippen LogP contribution in [0, 0.1) is 5.92 Å². The monoisotopic (exact) mass is 176 g/mol. The van der Waals surface area contributed by atoms with Crippen molar-refractivity contribution >= 4 is 5.97 Å². The van der Waals surface area contributed by atoms with Gasteiger partial charge in [0.2, 0.25) is 6.17 Å². The number of carboxylic acid groups (broad SMARTS) is 1. The molecule has 0 aromatic rings. The highest BCUT2D eigenvalue weighted by molar-refractivity contribution is 5.74. The fraction of sp³-hybridized carbons (Fsp3) is 0.875. The summed E-state index contributed by atoms with van der Waals surface area (Å²) in [6.07, 6.45) is -0.517. The molecule has 0 bridgehead atoms. The summed E-state index contributed by atoms with van der Waals surface area (Å²) in [4.78, 5) is 10.3. The number of carboxylic acids is 1. The van der Waals surface area contributed by atoms with Crippen LogP contribution in [0.5, 0.6) is 0 Å². The van der Waals surface area contributed by atoms with E-state index >= 15 is 0 Å². The van der Waals surface area contributed by atoms with Gasteiger partial charge in [-0.25, -0.2) is 9.18 Å². The van der Waals surface area contributed by atoms with E-state index in [0.29, 0.717) is 0 Å². The SMILES string of the molecule is CCC(O)(C1CC1)C(F)C(=O)O. The van der Waals surface area contributed by atoms with E-state index in [0.717, 1.165) is 12.8 Å². The summed E-state index contributed by atoms with van der Waals surface area (Å²) in [5.74, 6) is -1.72. The van der Waals surface area contributed by atoms with Gasteiger partial charge in [0.1, 0.15) is 5.60 Å². The third-order valence-electron chi connectivity index (χ3n) is 2.51. The van der Waals surface area contributed by atoms with Crippen molar-refractivity contribution in [2.45, 2.75) is 38.0 Å². The summed E-state index contributed by atoms with van der Waals surface area (Å²) in [6.45, 7) is 1.60. The number of hydrogen-bond acceptors (Lipinski definition) is 2. The van der Waals surface area contributed by atoms with Crippen molar-refractivity contribution in [2.75, 3.05) is 0 Å². The zero-order chi connectivity index (χ0) is 9.35. The highest BCUT2D eigenvalue weighted by atomic mass is 19.1. The maximum Gasteiger partial charge on any atom is 0.341 e. The molecule has 1 aliphatic rings. The summed E-state index contributed by atoms with van der Waals surface area (Å²) in [5, 5.41) is 18.0. The second kappa shape index (κ2) is 3.01. The van der Waals surface area contributed by atoms with Crippen molar-refractivity contribution in [3.05, 3.63) is 0 Å². The number of carbonyl (C=O) groups is 1. The Hall–Kier alpha value is -0.640. The summed E-state index contributed by atoms with van der Waals surface area (Å²) in [6, 6.07) is 0. The number of rotatable bonds is 4. The average Bonchev–Trinajstić information content (AvgIpc) is 2.84. The molecule has 12 heavy (non-hydrogen) atoms. The second-order valence-electron chi connectivity index (χ2n) is 3.32. The number of halogens is 1. The predicted molar refractivity (Wildman–Crippen MR) is 40.5 cm³/mol. The van der Waals surface area contributed by atoms with Crippen LogP contribution in [0.3, 0.4) is 0 Å². The Morgan fingerprint density at radius 1 is 1.75 bits per heavy atom. The van der Waals surface area contributed by atoms with E-state index < -0.39 is 17.7 Å². The Labute approximate surface area is 70.2 Å². The molecule has 0 spiro atoms. The quantitative estimate of drug-likeness (QED) is 0.670. The molecule has 2 atom stereocenters. The van der Waals surface area contributed by atoms with E-state index in [4.69, 9.17) is 5.11 Å². The molecule has 0 aromatic heterocycles. The smallest absolute Gasteiger partial charge is 0.341 e. The lowest BCUT2D eigenvalue weighted by Gasteiger charge is -2.27. The van der Waals surface area contributed by atoms with Gasteiger partial charge in [0.25, 0.3) is 0 Å². The zero-order valence-electron chi connectivity index (χ0n) is 6.96. The molecule has 4 heteroatoms.